The van der Waals surface area contributed by atoms with Crippen LogP contribution in [-0.2, 0) is 20.9 Å². The zero-order valence-corrected chi connectivity index (χ0v) is 22.8. The predicted molar refractivity (Wildman–Crippen MR) is 142 cm³/mol. The lowest BCUT2D eigenvalue weighted by Gasteiger charge is -2.17. The molecule has 12 nitrogen and oxygen atoms in total. The normalized spacial score (nSPS) is 12.3. The number of halogens is 4. The van der Waals surface area contributed by atoms with Crippen molar-refractivity contribution in [2.75, 3.05) is 33.1 Å². The number of rotatable bonds is 11. The van der Waals surface area contributed by atoms with Crippen LogP contribution in [0.5, 0.6) is 5.75 Å². The first kappa shape index (κ1) is 31.6. The molecule has 3 N–H and O–H groups in total. The molecule has 0 aliphatic rings. The van der Waals surface area contributed by atoms with Gasteiger partial charge in [0, 0.05) is 26.4 Å². The Hall–Kier alpha value is -4.89. The summed E-state index contributed by atoms with van der Waals surface area (Å²) in [6, 6.07) is 3.46. The van der Waals surface area contributed by atoms with Gasteiger partial charge in [0.25, 0.3) is 5.56 Å². The van der Waals surface area contributed by atoms with Crippen LogP contribution in [0.1, 0.15) is 18.7 Å². The van der Waals surface area contributed by atoms with Crippen LogP contribution in [0, 0.1) is 5.82 Å². The Labute approximate surface area is 236 Å². The van der Waals surface area contributed by atoms with Crippen LogP contribution in [0.3, 0.4) is 0 Å². The lowest BCUT2D eigenvalue weighted by molar-refractivity contribution is -0.153. The molecule has 0 saturated heterocycles. The van der Waals surface area contributed by atoms with E-state index in [0.29, 0.717) is 0 Å². The zero-order chi connectivity index (χ0) is 31.0. The molecule has 3 amide bonds. The number of ether oxygens (including phenoxy) is 2. The third kappa shape index (κ3) is 8.81. The average Bonchev–Trinajstić information content (AvgIpc) is 3.32. The van der Waals surface area contributed by atoms with E-state index in [0.717, 1.165) is 23.8 Å². The molecule has 3 aromatic rings. The zero-order valence-electron chi connectivity index (χ0n) is 22.8. The van der Waals surface area contributed by atoms with Crippen molar-refractivity contribution >= 4 is 34.6 Å². The maximum atomic E-state index is 14.0. The van der Waals surface area contributed by atoms with Crippen LogP contribution in [0.4, 0.5) is 28.0 Å². The first-order valence-electron chi connectivity index (χ1n) is 12.4. The molecule has 226 valence electrons. The summed E-state index contributed by atoms with van der Waals surface area (Å²) in [5.74, 6) is -2.17. The fraction of sp³-hybridized carbons (Fsp3) is 0.346. The van der Waals surface area contributed by atoms with Crippen molar-refractivity contribution in [2.24, 2.45) is 0 Å². The number of aromatic nitrogens is 3. The van der Waals surface area contributed by atoms with Gasteiger partial charge in [-0.15, -0.1) is 0 Å². The fourth-order valence-electron chi connectivity index (χ4n) is 3.65. The number of anilines is 1. The summed E-state index contributed by atoms with van der Waals surface area (Å²) < 4.78 is 62.2. The summed E-state index contributed by atoms with van der Waals surface area (Å²) >= 11 is 0. The second-order valence-electron chi connectivity index (χ2n) is 9.13. The molecule has 1 atom stereocenters. The molecule has 2 aromatic heterocycles. The summed E-state index contributed by atoms with van der Waals surface area (Å²) in [5, 5.41) is 4.84. The summed E-state index contributed by atoms with van der Waals surface area (Å²) in [4.78, 5) is 57.8. The van der Waals surface area contributed by atoms with Crippen LogP contribution in [0.25, 0.3) is 11.0 Å². The molecule has 1 unspecified atom stereocenters. The number of benzene rings is 1. The highest BCUT2D eigenvalue weighted by atomic mass is 19.4. The molecule has 2 heterocycles. The number of amides is 3. The number of allylic oxidation sites excluding steroid dienone is 1. The summed E-state index contributed by atoms with van der Waals surface area (Å²) in [6.45, 7) is -1.86. The van der Waals surface area contributed by atoms with Crippen molar-refractivity contribution in [1.82, 2.24) is 24.8 Å². The number of carbonyl (C=O) groups is 3. The van der Waals surface area contributed by atoms with E-state index in [1.807, 2.05) is 0 Å². The number of aromatic amines is 1. The van der Waals surface area contributed by atoms with E-state index < -0.39 is 48.0 Å². The number of pyridine rings is 1. The van der Waals surface area contributed by atoms with E-state index >= 15 is 0 Å². The molecular formula is C26H28F4N6O6. The Bertz CT molecular complexity index is 1530. The van der Waals surface area contributed by atoms with Crippen molar-refractivity contribution in [3.8, 4) is 5.75 Å². The number of hydrogen-bond acceptors (Lipinski definition) is 7. The van der Waals surface area contributed by atoms with E-state index in [9.17, 15) is 36.7 Å². The first-order chi connectivity index (χ1) is 19.8. The number of nitrogens with zero attached hydrogens (tertiary/aromatic N) is 3. The van der Waals surface area contributed by atoms with Crippen LogP contribution in [0.15, 0.2) is 47.4 Å². The molecule has 0 aliphatic heterocycles. The minimum atomic E-state index is -4.65. The van der Waals surface area contributed by atoms with Crippen molar-refractivity contribution in [1.29, 1.82) is 0 Å². The summed E-state index contributed by atoms with van der Waals surface area (Å²) in [7, 11) is 4.27. The third-order valence-electron chi connectivity index (χ3n) is 5.67. The maximum absolute atomic E-state index is 14.0. The molecule has 0 bridgehead atoms. The minimum Gasteiger partial charge on any atom is -0.482 e. The predicted octanol–water partition coefficient (Wildman–Crippen LogP) is 2.94. The van der Waals surface area contributed by atoms with Crippen molar-refractivity contribution in [3.05, 3.63) is 64.6 Å². The van der Waals surface area contributed by atoms with Gasteiger partial charge in [0.05, 0.1) is 19.2 Å². The summed E-state index contributed by atoms with van der Waals surface area (Å²) in [6.07, 6.45) is -0.979. The molecule has 0 fully saturated rings. The number of alkyl carbamates (subject to hydrolysis) is 1. The quantitative estimate of drug-likeness (QED) is 0.228. The number of imidazole rings is 1. The van der Waals surface area contributed by atoms with E-state index in [1.54, 1.807) is 14.1 Å². The second-order valence-corrected chi connectivity index (χ2v) is 9.13. The Kier molecular flexibility index (Phi) is 10.3. The highest BCUT2D eigenvalue weighted by Gasteiger charge is 2.29. The number of fused-ring (bicyclic) bond motifs is 1. The highest BCUT2D eigenvalue weighted by Crippen LogP contribution is 2.27. The smallest absolute Gasteiger partial charge is 0.422 e. The molecule has 42 heavy (non-hydrogen) atoms. The number of H-pyrrole nitrogens is 1. The Balaban J connectivity index is 1.78. The van der Waals surface area contributed by atoms with Crippen molar-refractivity contribution in [2.45, 2.75) is 31.6 Å². The number of nitrogens with one attached hydrogen (secondary N) is 3. The van der Waals surface area contributed by atoms with Gasteiger partial charge in [-0.05, 0) is 37.1 Å². The van der Waals surface area contributed by atoms with Crippen LogP contribution in [-0.4, -0.2) is 77.4 Å². The Morgan fingerprint density at radius 3 is 2.64 bits per heavy atom. The number of likely N-dealkylation sites (N-methyl/N-ethyl adjacent to an activating group) is 1. The number of hydrogen-bond donors (Lipinski definition) is 3. The highest BCUT2D eigenvalue weighted by molar-refractivity contribution is 5.96. The molecule has 16 heteroatoms. The number of alkyl halides is 3. The van der Waals surface area contributed by atoms with Gasteiger partial charge in [0.1, 0.15) is 28.9 Å². The fourth-order valence-corrected chi connectivity index (χ4v) is 3.65. The van der Waals surface area contributed by atoms with Gasteiger partial charge in [0.2, 0.25) is 11.8 Å². The van der Waals surface area contributed by atoms with Gasteiger partial charge in [-0.3, -0.25) is 14.4 Å². The van der Waals surface area contributed by atoms with Gasteiger partial charge in [0.15, 0.2) is 12.4 Å². The average molecular weight is 597 g/mol. The van der Waals surface area contributed by atoms with Gasteiger partial charge in [-0.1, -0.05) is 6.08 Å². The van der Waals surface area contributed by atoms with E-state index in [-0.39, 0.29) is 47.8 Å². The first-order valence-corrected chi connectivity index (χ1v) is 12.4. The van der Waals surface area contributed by atoms with Crippen LogP contribution in [0.2, 0.25) is 0 Å². The molecule has 1 aromatic carbocycles. The Morgan fingerprint density at radius 2 is 1.98 bits per heavy atom. The Morgan fingerprint density at radius 1 is 1.24 bits per heavy atom. The largest absolute Gasteiger partial charge is 0.482 e. The topological polar surface area (TPSA) is 148 Å². The molecule has 3 rings (SSSR count). The van der Waals surface area contributed by atoms with Crippen molar-refractivity contribution < 1.29 is 41.4 Å². The molecular weight excluding hydrogens is 568 g/mol. The second kappa shape index (κ2) is 13.6. The van der Waals surface area contributed by atoms with Gasteiger partial charge in [-0.2, -0.15) is 13.2 Å². The lowest BCUT2D eigenvalue weighted by Crippen LogP contribution is -2.44. The van der Waals surface area contributed by atoms with E-state index in [4.69, 9.17) is 4.74 Å². The molecule has 0 spiro atoms. The molecule has 0 radical (unpaired) electrons. The molecule has 0 saturated carbocycles. The SMILES string of the molecule is COC(=O)NC(CCC=CC(=O)N(C)C)C(=O)Nc1cccn(Cc2nc3c(OCC(F)(F)F)cc(F)cc3[nH]2)c1=O. The van der Waals surface area contributed by atoms with Gasteiger partial charge < -0.3 is 34.6 Å². The van der Waals surface area contributed by atoms with Gasteiger partial charge >= 0.3 is 12.3 Å². The van der Waals surface area contributed by atoms with E-state index in [2.05, 4.69) is 25.3 Å². The monoisotopic (exact) mass is 596 g/mol. The summed E-state index contributed by atoms with van der Waals surface area (Å²) in [5.41, 5.74) is -0.822. The van der Waals surface area contributed by atoms with E-state index in [1.165, 1.54) is 35.4 Å². The lowest BCUT2D eigenvalue weighted by atomic mass is 10.1. The number of methoxy groups -OCH3 is 1. The minimum absolute atomic E-state index is 0.0535. The molecule has 0 aliphatic carbocycles. The third-order valence-corrected chi connectivity index (χ3v) is 5.67. The van der Waals surface area contributed by atoms with Gasteiger partial charge in [-0.25, -0.2) is 14.2 Å². The maximum Gasteiger partial charge on any atom is 0.422 e. The standard InChI is InChI=1S/C26H28F4N6O6/c1-35(2)21(37)9-5-4-7-16(33-25(40)41-3)23(38)32-17-8-6-10-36(24(17)39)13-20-31-18-11-15(27)12-19(22(18)34-20)42-14-26(28,29)30/h5-6,8-12,16H,4,7,13-14H2,1-3H3,(H,31,34)(H,32,38)(H,33,40). The van der Waals surface area contributed by atoms with Crippen LogP contribution < -0.4 is 20.9 Å². The number of carbonyl (C=O) groups excluding carboxylic acids is 3. The van der Waals surface area contributed by atoms with Crippen LogP contribution >= 0.6 is 0 Å². The van der Waals surface area contributed by atoms with Crippen molar-refractivity contribution in [3.63, 3.8) is 0 Å².